The molecule has 102 valence electrons. The molecule has 1 heterocycles. The van der Waals surface area contributed by atoms with E-state index in [4.69, 9.17) is 5.73 Å². The second-order valence-electron chi connectivity index (χ2n) is 5.03. The van der Waals surface area contributed by atoms with Crippen LogP contribution in [0, 0.1) is 10.1 Å². The van der Waals surface area contributed by atoms with Crippen molar-refractivity contribution in [3.8, 4) is 0 Å². The van der Waals surface area contributed by atoms with Gasteiger partial charge in [0.25, 0.3) is 0 Å². The summed E-state index contributed by atoms with van der Waals surface area (Å²) < 4.78 is 1.62. The summed E-state index contributed by atoms with van der Waals surface area (Å²) >= 11 is 0. The van der Waals surface area contributed by atoms with Crippen molar-refractivity contribution < 1.29 is 4.92 Å². The molecule has 0 bridgehead atoms. The largest absolute Gasteiger partial charge is 0.327 e. The first-order chi connectivity index (χ1) is 8.31. The van der Waals surface area contributed by atoms with Crippen LogP contribution in [-0.4, -0.2) is 20.7 Å². The van der Waals surface area contributed by atoms with E-state index in [0.29, 0.717) is 11.4 Å². The van der Waals surface area contributed by atoms with Crippen molar-refractivity contribution in [1.29, 1.82) is 0 Å². The smallest absolute Gasteiger partial charge is 0.313 e. The van der Waals surface area contributed by atoms with E-state index in [-0.39, 0.29) is 28.5 Å². The predicted octanol–water partition coefficient (Wildman–Crippen LogP) is 2.29. The fourth-order valence-corrected chi connectivity index (χ4v) is 2.35. The second-order valence-corrected chi connectivity index (χ2v) is 5.03. The number of hydrogen-bond donors (Lipinski definition) is 1. The van der Waals surface area contributed by atoms with E-state index in [1.807, 2.05) is 27.7 Å². The van der Waals surface area contributed by atoms with Gasteiger partial charge in [-0.25, -0.2) is 0 Å². The number of aryl methyl sites for hydroxylation is 1. The van der Waals surface area contributed by atoms with Crippen molar-refractivity contribution in [2.75, 3.05) is 0 Å². The fraction of sp³-hybridized carbons (Fsp3) is 0.750. The third-order valence-electron chi connectivity index (χ3n) is 3.25. The number of aromatic nitrogens is 2. The van der Waals surface area contributed by atoms with Crippen molar-refractivity contribution in [2.45, 2.75) is 52.0 Å². The first-order valence-electron chi connectivity index (χ1n) is 6.27. The lowest BCUT2D eigenvalue weighted by Gasteiger charge is -2.18. The molecule has 0 amide bonds. The highest BCUT2D eigenvalue weighted by atomic mass is 16.6. The number of rotatable bonds is 5. The minimum atomic E-state index is -0.331. The Kier molecular flexibility index (Phi) is 4.45. The molecule has 0 aliphatic rings. The maximum absolute atomic E-state index is 11.3. The van der Waals surface area contributed by atoms with E-state index in [0.717, 1.165) is 6.42 Å². The first kappa shape index (κ1) is 14.6. The molecule has 0 saturated carbocycles. The molecule has 0 spiro atoms. The quantitative estimate of drug-likeness (QED) is 0.645. The van der Waals surface area contributed by atoms with Crippen molar-refractivity contribution >= 4 is 5.69 Å². The summed E-state index contributed by atoms with van der Waals surface area (Å²) in [5.41, 5.74) is 7.25. The van der Waals surface area contributed by atoms with Gasteiger partial charge in [0.15, 0.2) is 0 Å². The van der Waals surface area contributed by atoms with Crippen molar-refractivity contribution in [3.05, 3.63) is 21.5 Å². The van der Waals surface area contributed by atoms with Crippen LogP contribution in [0.15, 0.2) is 0 Å². The molecule has 0 aliphatic heterocycles. The van der Waals surface area contributed by atoms with Crippen LogP contribution >= 0.6 is 0 Å². The van der Waals surface area contributed by atoms with Crippen LogP contribution in [0.3, 0.4) is 0 Å². The van der Waals surface area contributed by atoms with Crippen LogP contribution in [0.25, 0.3) is 0 Å². The van der Waals surface area contributed by atoms with Crippen LogP contribution in [0.1, 0.15) is 57.3 Å². The SMILES string of the molecule is CCC(c1c([N+](=O)[O-])c(C(C)C)nn1C)C(C)N. The van der Waals surface area contributed by atoms with Gasteiger partial charge in [-0.1, -0.05) is 20.8 Å². The van der Waals surface area contributed by atoms with Gasteiger partial charge in [0.05, 0.1) is 4.92 Å². The topological polar surface area (TPSA) is 87.0 Å². The number of nitrogens with two attached hydrogens (primary N) is 1. The number of nitro groups is 1. The molecule has 0 aliphatic carbocycles. The van der Waals surface area contributed by atoms with E-state index in [9.17, 15) is 10.1 Å². The highest BCUT2D eigenvalue weighted by Gasteiger charge is 2.33. The maximum atomic E-state index is 11.3. The lowest BCUT2D eigenvalue weighted by molar-refractivity contribution is -0.386. The zero-order chi connectivity index (χ0) is 14.0. The summed E-state index contributed by atoms with van der Waals surface area (Å²) in [5, 5.41) is 15.6. The molecule has 1 rings (SSSR count). The van der Waals surface area contributed by atoms with Crippen LogP contribution in [0.5, 0.6) is 0 Å². The predicted molar refractivity (Wildman–Crippen MR) is 70.6 cm³/mol. The Hall–Kier alpha value is -1.43. The Balaban J connectivity index is 3.46. The Morgan fingerprint density at radius 3 is 2.33 bits per heavy atom. The third kappa shape index (κ3) is 2.53. The van der Waals surface area contributed by atoms with Gasteiger partial charge in [0.2, 0.25) is 0 Å². The second kappa shape index (κ2) is 5.48. The molecule has 2 atom stereocenters. The molecule has 6 nitrogen and oxygen atoms in total. The van der Waals surface area contributed by atoms with Crippen molar-refractivity contribution in [3.63, 3.8) is 0 Å². The molecular weight excluding hydrogens is 232 g/mol. The molecule has 18 heavy (non-hydrogen) atoms. The van der Waals surface area contributed by atoms with Gasteiger partial charge in [-0.15, -0.1) is 0 Å². The molecular formula is C12H22N4O2. The summed E-state index contributed by atoms with van der Waals surface area (Å²) in [7, 11) is 1.75. The zero-order valence-corrected chi connectivity index (χ0v) is 11.7. The summed E-state index contributed by atoms with van der Waals surface area (Å²) in [6, 6.07) is -0.135. The highest BCUT2D eigenvalue weighted by Crippen LogP contribution is 2.35. The van der Waals surface area contributed by atoms with Crippen LogP contribution in [0.4, 0.5) is 5.69 Å². The van der Waals surface area contributed by atoms with Gasteiger partial charge in [-0.05, 0) is 13.3 Å². The Morgan fingerprint density at radius 1 is 1.44 bits per heavy atom. The van der Waals surface area contributed by atoms with Crippen molar-refractivity contribution in [2.24, 2.45) is 12.8 Å². The summed E-state index contributed by atoms with van der Waals surface area (Å²) in [6.07, 6.45) is 0.759. The van der Waals surface area contributed by atoms with Gasteiger partial charge in [-0.2, -0.15) is 5.10 Å². The van der Waals surface area contributed by atoms with E-state index in [2.05, 4.69) is 5.10 Å². The average molecular weight is 254 g/mol. The summed E-state index contributed by atoms with van der Waals surface area (Å²) in [4.78, 5) is 11.0. The summed E-state index contributed by atoms with van der Waals surface area (Å²) in [6.45, 7) is 7.68. The third-order valence-corrected chi connectivity index (χ3v) is 3.25. The standard InChI is InChI=1S/C12H22N4O2/c1-6-9(8(4)13)11-12(16(17)18)10(7(2)3)14-15(11)5/h7-9H,6,13H2,1-5H3. The van der Waals surface area contributed by atoms with Gasteiger partial charge in [-0.3, -0.25) is 14.8 Å². The zero-order valence-electron chi connectivity index (χ0n) is 11.7. The normalized spacial score (nSPS) is 14.8. The number of nitrogens with zero attached hydrogens (tertiary/aromatic N) is 3. The molecule has 1 aromatic rings. The first-order valence-corrected chi connectivity index (χ1v) is 6.27. The Morgan fingerprint density at radius 2 is 2.00 bits per heavy atom. The maximum Gasteiger partial charge on any atom is 0.313 e. The lowest BCUT2D eigenvalue weighted by atomic mass is 9.93. The van der Waals surface area contributed by atoms with Crippen LogP contribution in [-0.2, 0) is 7.05 Å². The molecule has 1 aromatic heterocycles. The van der Waals surface area contributed by atoms with Gasteiger partial charge >= 0.3 is 5.69 Å². The number of hydrogen-bond acceptors (Lipinski definition) is 4. The van der Waals surface area contributed by atoms with Gasteiger partial charge < -0.3 is 5.73 Å². The van der Waals surface area contributed by atoms with Gasteiger partial charge in [0.1, 0.15) is 11.4 Å². The van der Waals surface area contributed by atoms with E-state index in [1.54, 1.807) is 11.7 Å². The molecule has 0 fully saturated rings. The van der Waals surface area contributed by atoms with Crippen LogP contribution < -0.4 is 5.73 Å². The average Bonchev–Trinajstić information content (AvgIpc) is 2.57. The van der Waals surface area contributed by atoms with E-state index < -0.39 is 0 Å². The van der Waals surface area contributed by atoms with E-state index in [1.165, 1.54) is 0 Å². The molecule has 0 aromatic carbocycles. The summed E-state index contributed by atoms with van der Waals surface area (Å²) in [5.74, 6) is -0.0219. The molecule has 6 heteroatoms. The van der Waals surface area contributed by atoms with Crippen LogP contribution in [0.2, 0.25) is 0 Å². The minimum Gasteiger partial charge on any atom is -0.327 e. The Labute approximate surface area is 107 Å². The fourth-order valence-electron chi connectivity index (χ4n) is 2.35. The molecule has 2 unspecified atom stereocenters. The molecule has 0 saturated heterocycles. The molecule has 0 radical (unpaired) electrons. The minimum absolute atomic E-state index is 0.0240. The highest BCUT2D eigenvalue weighted by molar-refractivity contribution is 5.45. The lowest BCUT2D eigenvalue weighted by Crippen LogP contribution is -2.26. The molecule has 2 N–H and O–H groups in total. The van der Waals surface area contributed by atoms with Crippen molar-refractivity contribution in [1.82, 2.24) is 9.78 Å². The van der Waals surface area contributed by atoms with E-state index >= 15 is 0 Å². The monoisotopic (exact) mass is 254 g/mol. The Bertz CT molecular complexity index is 438. The van der Waals surface area contributed by atoms with Gasteiger partial charge in [0, 0.05) is 24.9 Å².